The number of rotatable bonds is 4. The molecule has 3 aromatic carbocycles. The fraction of sp³-hybridized carbons (Fsp3) is 0.143. The third kappa shape index (κ3) is 3.52. The van der Waals surface area contributed by atoms with Crippen LogP contribution in [0.3, 0.4) is 0 Å². The van der Waals surface area contributed by atoms with Gasteiger partial charge in [-0.15, -0.1) is 0 Å². The second-order valence-corrected chi connectivity index (χ2v) is 7.68. The third-order valence-electron chi connectivity index (χ3n) is 4.84. The van der Waals surface area contributed by atoms with Crippen LogP contribution < -0.4 is 10.6 Å². The molecule has 0 aliphatic carbocycles. The van der Waals surface area contributed by atoms with E-state index in [-0.39, 0.29) is 5.69 Å². The lowest BCUT2D eigenvalue weighted by molar-refractivity contribution is 0.446. The number of fused-ring (bicyclic) bond motifs is 1. The first-order valence-electron chi connectivity index (χ1n) is 8.57. The smallest absolute Gasteiger partial charge is 0.194 e. The summed E-state index contributed by atoms with van der Waals surface area (Å²) in [7, 11) is 0. The molecule has 0 bridgehead atoms. The van der Waals surface area contributed by atoms with Gasteiger partial charge in [0.05, 0.1) is 5.54 Å². The summed E-state index contributed by atoms with van der Waals surface area (Å²) in [6, 6.07) is 14.7. The Morgan fingerprint density at radius 1 is 0.929 bits per heavy atom. The molecule has 3 aromatic rings. The Labute approximate surface area is 170 Å². The Bertz CT molecular complexity index is 1030. The average molecular weight is 423 g/mol. The summed E-state index contributed by atoms with van der Waals surface area (Å²) in [6.07, 6.45) is 0.482. The van der Waals surface area contributed by atoms with Gasteiger partial charge < -0.3 is 10.6 Å². The van der Waals surface area contributed by atoms with Crippen molar-refractivity contribution in [2.24, 2.45) is 0 Å². The van der Waals surface area contributed by atoms with Crippen LogP contribution in [0.15, 0.2) is 54.6 Å². The van der Waals surface area contributed by atoms with Crippen LogP contribution >= 0.6 is 23.2 Å². The first-order chi connectivity index (χ1) is 13.4. The van der Waals surface area contributed by atoms with Crippen LogP contribution in [0.2, 0.25) is 10.0 Å². The van der Waals surface area contributed by atoms with Gasteiger partial charge >= 0.3 is 0 Å². The summed E-state index contributed by atoms with van der Waals surface area (Å²) in [5, 5.41) is 7.66. The quantitative estimate of drug-likeness (QED) is 0.476. The number of nitrogens with one attached hydrogen (secondary N) is 2. The summed E-state index contributed by atoms with van der Waals surface area (Å²) in [5.74, 6) is -3.99. The molecule has 1 unspecified atom stereocenters. The molecule has 7 heteroatoms. The zero-order valence-electron chi connectivity index (χ0n) is 14.5. The van der Waals surface area contributed by atoms with Crippen molar-refractivity contribution < 1.29 is 13.2 Å². The summed E-state index contributed by atoms with van der Waals surface area (Å²) in [6.45, 7) is 0.440. The van der Waals surface area contributed by atoms with Crippen LogP contribution in [0.25, 0.3) is 0 Å². The lowest BCUT2D eigenvalue weighted by atomic mass is 9.85. The van der Waals surface area contributed by atoms with Crippen molar-refractivity contribution in [2.75, 3.05) is 17.2 Å². The van der Waals surface area contributed by atoms with Gasteiger partial charge in [0.15, 0.2) is 17.5 Å². The standard InChI is InChI=1S/C21H15Cl2F3N2/c22-13-3-1-2-12(6-13)10-21(11-27-19-7-14(23)4-5-16(19)21)28-15-8-17(24)20(26)18(25)9-15/h1-9,27-28H,10-11H2. The number of benzene rings is 3. The Morgan fingerprint density at radius 3 is 2.36 bits per heavy atom. The van der Waals surface area contributed by atoms with Crippen molar-refractivity contribution in [1.29, 1.82) is 0 Å². The molecule has 0 aromatic heterocycles. The van der Waals surface area contributed by atoms with Crippen molar-refractivity contribution >= 4 is 34.6 Å². The lowest BCUT2D eigenvalue weighted by Crippen LogP contribution is -2.39. The summed E-state index contributed by atoms with van der Waals surface area (Å²) >= 11 is 12.2. The van der Waals surface area contributed by atoms with Crippen LogP contribution in [-0.4, -0.2) is 6.54 Å². The lowest BCUT2D eigenvalue weighted by Gasteiger charge is -2.32. The molecule has 0 saturated carbocycles. The first-order valence-corrected chi connectivity index (χ1v) is 9.33. The van der Waals surface area contributed by atoms with Gasteiger partial charge in [0, 0.05) is 52.1 Å². The SMILES string of the molecule is Fc1cc(NC2(Cc3cccc(Cl)c3)CNc3cc(Cl)ccc32)cc(F)c1F. The highest BCUT2D eigenvalue weighted by atomic mass is 35.5. The van der Waals surface area contributed by atoms with E-state index >= 15 is 0 Å². The Balaban J connectivity index is 1.79. The topological polar surface area (TPSA) is 24.1 Å². The van der Waals surface area contributed by atoms with Gasteiger partial charge in [-0.1, -0.05) is 41.4 Å². The van der Waals surface area contributed by atoms with E-state index in [0.717, 1.165) is 28.9 Å². The number of anilines is 2. The predicted molar refractivity (Wildman–Crippen MR) is 107 cm³/mol. The van der Waals surface area contributed by atoms with E-state index in [9.17, 15) is 13.2 Å². The van der Waals surface area contributed by atoms with Crippen LogP contribution in [0.5, 0.6) is 0 Å². The number of hydrogen-bond acceptors (Lipinski definition) is 2. The second-order valence-electron chi connectivity index (χ2n) is 6.81. The molecule has 2 N–H and O–H groups in total. The molecule has 1 aliphatic rings. The largest absolute Gasteiger partial charge is 0.382 e. The van der Waals surface area contributed by atoms with Gasteiger partial charge in [-0.25, -0.2) is 13.2 Å². The number of hydrogen-bond donors (Lipinski definition) is 2. The van der Waals surface area contributed by atoms with Gasteiger partial charge in [0.25, 0.3) is 0 Å². The summed E-state index contributed by atoms with van der Waals surface area (Å²) < 4.78 is 40.9. The van der Waals surface area contributed by atoms with Crippen LogP contribution in [0, 0.1) is 17.5 Å². The average Bonchev–Trinajstić information content (AvgIpc) is 2.97. The van der Waals surface area contributed by atoms with Crippen molar-refractivity contribution in [3.63, 3.8) is 0 Å². The van der Waals surface area contributed by atoms with E-state index in [1.165, 1.54) is 0 Å². The minimum Gasteiger partial charge on any atom is -0.382 e. The predicted octanol–water partition coefficient (Wildman–Crippen LogP) is 6.39. The molecule has 0 fully saturated rings. The van der Waals surface area contributed by atoms with Gasteiger partial charge in [0.2, 0.25) is 0 Å². The maximum atomic E-state index is 13.8. The van der Waals surface area contributed by atoms with E-state index < -0.39 is 23.0 Å². The van der Waals surface area contributed by atoms with E-state index in [4.69, 9.17) is 23.2 Å². The molecule has 0 saturated heterocycles. The second kappa shape index (κ2) is 7.22. The van der Waals surface area contributed by atoms with Crippen molar-refractivity contribution in [2.45, 2.75) is 12.0 Å². The minimum atomic E-state index is -1.49. The molecule has 28 heavy (non-hydrogen) atoms. The fourth-order valence-corrected chi connectivity index (χ4v) is 4.02. The van der Waals surface area contributed by atoms with E-state index in [1.54, 1.807) is 18.2 Å². The van der Waals surface area contributed by atoms with Gasteiger partial charge in [-0.3, -0.25) is 0 Å². The van der Waals surface area contributed by atoms with Gasteiger partial charge in [-0.05, 0) is 29.8 Å². The molecular formula is C21H15Cl2F3N2. The summed E-state index contributed by atoms with van der Waals surface area (Å²) in [5.41, 5.74) is 2.06. The molecule has 0 spiro atoms. The third-order valence-corrected chi connectivity index (χ3v) is 5.31. The molecule has 0 radical (unpaired) electrons. The molecule has 2 nitrogen and oxygen atoms in total. The van der Waals surface area contributed by atoms with Gasteiger partial charge in [-0.2, -0.15) is 0 Å². The first kappa shape index (κ1) is 19.0. The maximum absolute atomic E-state index is 13.8. The van der Waals surface area contributed by atoms with Crippen LogP contribution in [-0.2, 0) is 12.0 Å². The molecule has 0 amide bonds. The molecule has 1 aliphatic heterocycles. The van der Waals surface area contributed by atoms with E-state index in [2.05, 4.69) is 10.6 Å². The highest BCUT2D eigenvalue weighted by molar-refractivity contribution is 6.31. The monoisotopic (exact) mass is 422 g/mol. The Hall–Kier alpha value is -2.37. The molecule has 4 rings (SSSR count). The van der Waals surface area contributed by atoms with Crippen LogP contribution in [0.1, 0.15) is 11.1 Å². The van der Waals surface area contributed by atoms with Gasteiger partial charge in [0.1, 0.15) is 0 Å². The minimum absolute atomic E-state index is 0.142. The molecule has 144 valence electrons. The Kier molecular flexibility index (Phi) is 4.89. The van der Waals surface area contributed by atoms with Crippen molar-refractivity contribution in [1.82, 2.24) is 0 Å². The maximum Gasteiger partial charge on any atom is 0.194 e. The highest BCUT2D eigenvalue weighted by Crippen LogP contribution is 2.41. The zero-order valence-corrected chi connectivity index (χ0v) is 16.0. The van der Waals surface area contributed by atoms with Crippen LogP contribution in [0.4, 0.5) is 24.5 Å². The zero-order chi connectivity index (χ0) is 19.9. The van der Waals surface area contributed by atoms with Crippen molar-refractivity contribution in [3.05, 3.63) is 93.2 Å². The van der Waals surface area contributed by atoms with E-state index in [1.807, 2.05) is 24.3 Å². The van der Waals surface area contributed by atoms with E-state index in [0.29, 0.717) is 23.0 Å². The molecular weight excluding hydrogens is 408 g/mol. The highest BCUT2D eigenvalue weighted by Gasteiger charge is 2.39. The normalized spacial score (nSPS) is 17.9. The Morgan fingerprint density at radius 2 is 1.64 bits per heavy atom. The number of halogens is 5. The summed E-state index contributed by atoms with van der Waals surface area (Å²) in [4.78, 5) is 0. The fourth-order valence-electron chi connectivity index (χ4n) is 3.63. The molecule has 1 atom stereocenters. The van der Waals surface area contributed by atoms with Crippen molar-refractivity contribution in [3.8, 4) is 0 Å². The molecule has 1 heterocycles.